The zero-order valence-corrected chi connectivity index (χ0v) is 11.7. The van der Waals surface area contributed by atoms with Gasteiger partial charge in [-0.3, -0.25) is 4.79 Å². The third-order valence-corrected chi connectivity index (χ3v) is 4.18. The highest BCUT2D eigenvalue weighted by molar-refractivity contribution is 5.67. The monoisotopic (exact) mass is 255 g/mol. The summed E-state index contributed by atoms with van der Waals surface area (Å²) >= 11 is 0. The Morgan fingerprint density at radius 1 is 1.33 bits per heavy atom. The Kier molecular flexibility index (Phi) is 7.33. The number of carbonyl (C=O) groups is 1. The van der Waals surface area contributed by atoms with E-state index in [2.05, 4.69) is 6.92 Å². The van der Waals surface area contributed by atoms with Gasteiger partial charge in [0.05, 0.1) is 6.42 Å². The summed E-state index contributed by atoms with van der Waals surface area (Å²) in [4.78, 5) is 10.5. The zero-order chi connectivity index (χ0) is 13.4. The molecule has 0 unspecified atom stereocenters. The van der Waals surface area contributed by atoms with Crippen LogP contribution >= 0.6 is 0 Å². The van der Waals surface area contributed by atoms with Crippen molar-refractivity contribution in [1.29, 1.82) is 0 Å². The van der Waals surface area contributed by atoms with Gasteiger partial charge in [0.1, 0.15) is 0 Å². The molecule has 0 aromatic heterocycles. The highest BCUT2D eigenvalue weighted by Crippen LogP contribution is 2.28. The van der Waals surface area contributed by atoms with Crippen molar-refractivity contribution in [1.82, 2.24) is 0 Å². The number of hydrogen-bond donors (Lipinski definition) is 2. The molecule has 0 bridgehead atoms. The van der Waals surface area contributed by atoms with Gasteiger partial charge >= 0.3 is 5.97 Å². The molecule has 3 nitrogen and oxygen atoms in total. The van der Waals surface area contributed by atoms with Crippen LogP contribution in [0.15, 0.2) is 0 Å². The van der Waals surface area contributed by atoms with Crippen molar-refractivity contribution in [3.05, 3.63) is 0 Å². The van der Waals surface area contributed by atoms with E-state index >= 15 is 0 Å². The van der Waals surface area contributed by atoms with Gasteiger partial charge in [-0.1, -0.05) is 58.3 Å². The molecule has 106 valence electrons. The minimum absolute atomic E-state index is 0.104. The smallest absolute Gasteiger partial charge is 0.304 e. The van der Waals surface area contributed by atoms with Crippen LogP contribution in [0.3, 0.4) is 0 Å². The van der Waals surface area contributed by atoms with Gasteiger partial charge in [-0.25, -0.2) is 0 Å². The van der Waals surface area contributed by atoms with Crippen LogP contribution in [0.5, 0.6) is 0 Å². The highest BCUT2D eigenvalue weighted by atomic mass is 16.4. The van der Waals surface area contributed by atoms with E-state index in [0.717, 1.165) is 12.3 Å². The van der Waals surface area contributed by atoms with Crippen molar-refractivity contribution < 1.29 is 9.90 Å². The molecule has 3 heteroatoms. The first kappa shape index (κ1) is 15.5. The lowest BCUT2D eigenvalue weighted by molar-refractivity contribution is -0.137. The largest absolute Gasteiger partial charge is 0.481 e. The molecule has 1 aliphatic rings. The second-order valence-electron chi connectivity index (χ2n) is 6.13. The van der Waals surface area contributed by atoms with E-state index in [1.165, 1.54) is 51.4 Å². The summed E-state index contributed by atoms with van der Waals surface area (Å²) in [5.74, 6) is 0.735. The lowest BCUT2D eigenvalue weighted by Gasteiger charge is -2.22. The number of rotatable bonds is 8. The Morgan fingerprint density at radius 3 is 2.61 bits per heavy atom. The van der Waals surface area contributed by atoms with Crippen molar-refractivity contribution in [2.75, 3.05) is 0 Å². The number of carboxylic acid groups (broad SMARTS) is 1. The Bertz CT molecular complexity index is 237. The molecule has 1 aliphatic carbocycles. The van der Waals surface area contributed by atoms with E-state index in [4.69, 9.17) is 10.8 Å². The Balaban J connectivity index is 2.05. The number of hydrogen-bond acceptors (Lipinski definition) is 2. The van der Waals surface area contributed by atoms with Gasteiger partial charge < -0.3 is 10.8 Å². The number of carboxylic acids is 1. The van der Waals surface area contributed by atoms with Gasteiger partial charge in [0.15, 0.2) is 0 Å². The van der Waals surface area contributed by atoms with Crippen LogP contribution in [-0.4, -0.2) is 17.1 Å². The standard InChI is InChI=1S/C15H29NO2/c1-12(10-14(16)11-15(17)18)6-5-9-13-7-3-2-4-8-13/h12-14H,2-11,16H2,1H3,(H,17,18)/t12-,14+/m1/s1. The van der Waals surface area contributed by atoms with E-state index in [1.54, 1.807) is 0 Å². The van der Waals surface area contributed by atoms with Gasteiger partial charge in [0.25, 0.3) is 0 Å². The SMILES string of the molecule is C[C@H](CCCC1CCCCC1)C[C@H](N)CC(=O)O. The van der Waals surface area contributed by atoms with Crippen LogP contribution in [0.1, 0.15) is 71.1 Å². The minimum atomic E-state index is -0.781. The molecule has 1 rings (SSSR count). The van der Waals surface area contributed by atoms with Gasteiger partial charge in [-0.2, -0.15) is 0 Å². The average Bonchev–Trinajstić information content (AvgIpc) is 2.29. The third kappa shape index (κ3) is 7.00. The summed E-state index contributed by atoms with van der Waals surface area (Å²) < 4.78 is 0. The molecule has 0 aromatic rings. The Labute approximate surface area is 111 Å². The topological polar surface area (TPSA) is 63.3 Å². The van der Waals surface area contributed by atoms with Crippen LogP contribution in [0.25, 0.3) is 0 Å². The van der Waals surface area contributed by atoms with Crippen LogP contribution in [-0.2, 0) is 4.79 Å². The van der Waals surface area contributed by atoms with Crippen LogP contribution < -0.4 is 5.73 Å². The van der Waals surface area contributed by atoms with Crippen molar-refractivity contribution in [2.45, 2.75) is 77.2 Å². The van der Waals surface area contributed by atoms with E-state index in [0.29, 0.717) is 5.92 Å². The lowest BCUT2D eigenvalue weighted by atomic mass is 9.84. The quantitative estimate of drug-likeness (QED) is 0.697. The first-order valence-electron chi connectivity index (χ1n) is 7.55. The molecular formula is C15H29NO2. The molecule has 1 fully saturated rings. The second kappa shape index (κ2) is 8.52. The maximum atomic E-state index is 10.5. The molecule has 2 atom stereocenters. The fraction of sp³-hybridized carbons (Fsp3) is 0.933. The molecule has 0 aliphatic heterocycles. The van der Waals surface area contributed by atoms with E-state index < -0.39 is 5.97 Å². The fourth-order valence-electron chi connectivity index (χ4n) is 3.17. The number of aliphatic carboxylic acids is 1. The second-order valence-corrected chi connectivity index (χ2v) is 6.13. The summed E-state index contributed by atoms with van der Waals surface area (Å²) in [6.07, 6.45) is 11.9. The first-order valence-corrected chi connectivity index (χ1v) is 7.55. The fourth-order valence-corrected chi connectivity index (χ4v) is 3.17. The van der Waals surface area contributed by atoms with Crippen molar-refractivity contribution in [2.24, 2.45) is 17.6 Å². The molecule has 0 heterocycles. The van der Waals surface area contributed by atoms with Gasteiger partial charge in [-0.15, -0.1) is 0 Å². The number of nitrogens with two attached hydrogens (primary N) is 1. The first-order chi connectivity index (χ1) is 8.58. The Hall–Kier alpha value is -0.570. The van der Waals surface area contributed by atoms with Crippen molar-refractivity contribution >= 4 is 5.97 Å². The van der Waals surface area contributed by atoms with Crippen LogP contribution in [0.2, 0.25) is 0 Å². The summed E-state index contributed by atoms with van der Waals surface area (Å²) in [6, 6.07) is -0.174. The maximum Gasteiger partial charge on any atom is 0.304 e. The van der Waals surface area contributed by atoms with Crippen LogP contribution in [0, 0.1) is 11.8 Å². The summed E-state index contributed by atoms with van der Waals surface area (Å²) in [5.41, 5.74) is 5.81. The molecule has 0 radical (unpaired) electrons. The molecule has 0 aromatic carbocycles. The lowest BCUT2D eigenvalue weighted by Crippen LogP contribution is -2.26. The molecule has 1 saturated carbocycles. The third-order valence-electron chi connectivity index (χ3n) is 4.18. The zero-order valence-electron chi connectivity index (χ0n) is 11.7. The molecule has 0 amide bonds. The molecule has 3 N–H and O–H groups in total. The van der Waals surface area contributed by atoms with Gasteiger partial charge in [0.2, 0.25) is 0 Å². The van der Waals surface area contributed by atoms with Crippen LogP contribution in [0.4, 0.5) is 0 Å². The van der Waals surface area contributed by atoms with Gasteiger partial charge in [0, 0.05) is 6.04 Å². The van der Waals surface area contributed by atoms with Crippen molar-refractivity contribution in [3.8, 4) is 0 Å². The maximum absolute atomic E-state index is 10.5. The van der Waals surface area contributed by atoms with E-state index in [9.17, 15) is 4.79 Å². The normalized spacial score (nSPS) is 20.6. The summed E-state index contributed by atoms with van der Waals surface area (Å²) in [6.45, 7) is 2.20. The Morgan fingerprint density at radius 2 is 2.00 bits per heavy atom. The molecule has 0 saturated heterocycles. The van der Waals surface area contributed by atoms with E-state index in [-0.39, 0.29) is 12.5 Å². The predicted molar refractivity (Wildman–Crippen MR) is 74.4 cm³/mol. The van der Waals surface area contributed by atoms with E-state index in [1.807, 2.05) is 0 Å². The van der Waals surface area contributed by atoms with Gasteiger partial charge in [-0.05, 0) is 18.3 Å². The van der Waals surface area contributed by atoms with Crippen molar-refractivity contribution in [3.63, 3.8) is 0 Å². The summed E-state index contributed by atoms with van der Waals surface area (Å²) in [5, 5.41) is 8.66. The molecule has 18 heavy (non-hydrogen) atoms. The molecule has 0 spiro atoms. The highest BCUT2D eigenvalue weighted by Gasteiger charge is 2.15. The molecular weight excluding hydrogens is 226 g/mol. The average molecular weight is 255 g/mol. The predicted octanol–water partition coefficient (Wildman–Crippen LogP) is 3.57. The summed E-state index contributed by atoms with van der Waals surface area (Å²) in [7, 11) is 0. The minimum Gasteiger partial charge on any atom is -0.481 e.